The second-order valence-corrected chi connectivity index (χ2v) is 5.76. The normalized spacial score (nSPS) is 13.3. The van der Waals surface area contributed by atoms with Crippen LogP contribution in [0.15, 0.2) is 42.5 Å². The van der Waals surface area contributed by atoms with E-state index in [4.69, 9.17) is 9.84 Å². The van der Waals surface area contributed by atoms with Crippen molar-refractivity contribution in [3.8, 4) is 5.75 Å². The van der Waals surface area contributed by atoms with Gasteiger partial charge in [0.15, 0.2) is 0 Å². The molecule has 124 valence electrons. The lowest BCUT2D eigenvalue weighted by Crippen LogP contribution is -2.24. The molecule has 6 heteroatoms. The largest absolute Gasteiger partial charge is 0.493 e. The Morgan fingerprint density at radius 2 is 1.88 bits per heavy atom. The molecule has 1 fully saturated rings. The van der Waals surface area contributed by atoms with Gasteiger partial charge >= 0.3 is 5.97 Å². The van der Waals surface area contributed by atoms with E-state index in [1.807, 2.05) is 24.3 Å². The van der Waals surface area contributed by atoms with Crippen LogP contribution < -0.4 is 10.1 Å². The van der Waals surface area contributed by atoms with Crippen LogP contribution in [0, 0.1) is 5.92 Å². The van der Waals surface area contributed by atoms with E-state index >= 15 is 0 Å². The van der Waals surface area contributed by atoms with Crippen molar-refractivity contribution in [3.63, 3.8) is 0 Å². The Kier molecular flexibility index (Phi) is 4.74. The molecule has 2 aromatic rings. The Hall–Kier alpha value is -2.89. The first-order chi connectivity index (χ1) is 11.6. The zero-order chi connectivity index (χ0) is 16.9. The van der Waals surface area contributed by atoms with Crippen molar-refractivity contribution in [2.45, 2.75) is 19.4 Å². The first-order valence-corrected chi connectivity index (χ1v) is 7.83. The molecule has 6 nitrogen and oxygen atoms in total. The molecule has 1 amide bonds. The Bertz CT molecular complexity index is 756. The van der Waals surface area contributed by atoms with Gasteiger partial charge in [-0.1, -0.05) is 24.3 Å². The highest BCUT2D eigenvalue weighted by Gasteiger charge is 2.22. The monoisotopic (exact) mass is 326 g/mol. The molecule has 0 bridgehead atoms. The number of carbonyl (C=O) groups is 2. The first-order valence-electron chi connectivity index (χ1n) is 7.83. The van der Waals surface area contributed by atoms with Gasteiger partial charge in [-0.3, -0.25) is 4.79 Å². The highest BCUT2D eigenvalue weighted by Crippen LogP contribution is 2.30. The first kappa shape index (κ1) is 16.0. The molecule has 0 unspecified atom stereocenters. The number of carboxylic acids is 1. The summed E-state index contributed by atoms with van der Waals surface area (Å²) in [5.74, 6) is -0.175. The van der Waals surface area contributed by atoms with Gasteiger partial charge in [0, 0.05) is 12.1 Å². The molecule has 2 N–H and O–H groups in total. The molecule has 0 radical (unpaired) electrons. The summed E-state index contributed by atoms with van der Waals surface area (Å²) in [4.78, 5) is 26.9. The second kappa shape index (κ2) is 7.12. The summed E-state index contributed by atoms with van der Waals surface area (Å²) in [6.07, 6.45) is 2.43. The summed E-state index contributed by atoms with van der Waals surface area (Å²) >= 11 is 0. The van der Waals surface area contributed by atoms with Crippen molar-refractivity contribution in [2.24, 2.45) is 5.92 Å². The van der Waals surface area contributed by atoms with Crippen molar-refractivity contribution in [3.05, 3.63) is 59.4 Å². The number of carboxylic acid groups (broad SMARTS) is 1. The summed E-state index contributed by atoms with van der Waals surface area (Å²) in [6, 6.07) is 11.9. The molecule has 0 saturated heterocycles. The highest BCUT2D eigenvalue weighted by atomic mass is 16.5. The van der Waals surface area contributed by atoms with Gasteiger partial charge in [0.05, 0.1) is 6.61 Å². The molecule has 1 aliphatic carbocycles. The van der Waals surface area contributed by atoms with Crippen LogP contribution in [0.2, 0.25) is 0 Å². The van der Waals surface area contributed by atoms with Crippen LogP contribution in [-0.4, -0.2) is 28.6 Å². The van der Waals surface area contributed by atoms with E-state index in [1.165, 1.54) is 31.0 Å². The SMILES string of the molecule is O=C(O)c1cccc(C(=O)NCc2ccccc2OCC2CC2)n1. The van der Waals surface area contributed by atoms with Crippen molar-refractivity contribution in [1.82, 2.24) is 10.3 Å². The number of hydrogen-bond donors (Lipinski definition) is 2. The molecule has 1 heterocycles. The lowest BCUT2D eigenvalue weighted by atomic mass is 10.2. The van der Waals surface area contributed by atoms with Gasteiger partial charge in [0.2, 0.25) is 0 Å². The summed E-state index contributed by atoms with van der Waals surface area (Å²) < 4.78 is 5.81. The van der Waals surface area contributed by atoms with Crippen molar-refractivity contribution in [2.75, 3.05) is 6.61 Å². The molecule has 1 aromatic heterocycles. The quantitative estimate of drug-likeness (QED) is 0.816. The maximum Gasteiger partial charge on any atom is 0.354 e. The third-order valence-electron chi connectivity index (χ3n) is 3.78. The predicted molar refractivity (Wildman–Crippen MR) is 87.0 cm³/mol. The van der Waals surface area contributed by atoms with Crippen LogP contribution in [0.3, 0.4) is 0 Å². The topological polar surface area (TPSA) is 88.5 Å². The van der Waals surface area contributed by atoms with Crippen LogP contribution in [0.25, 0.3) is 0 Å². The number of aromatic carboxylic acids is 1. The third kappa shape index (κ3) is 4.10. The molecular weight excluding hydrogens is 308 g/mol. The third-order valence-corrected chi connectivity index (χ3v) is 3.78. The number of ether oxygens (including phenoxy) is 1. The van der Waals surface area contributed by atoms with Gasteiger partial charge in [-0.15, -0.1) is 0 Å². The van der Waals surface area contributed by atoms with Crippen LogP contribution in [-0.2, 0) is 6.54 Å². The van der Waals surface area contributed by atoms with E-state index in [1.54, 1.807) is 0 Å². The second-order valence-electron chi connectivity index (χ2n) is 5.76. The number of para-hydroxylation sites is 1. The van der Waals surface area contributed by atoms with Crippen molar-refractivity contribution >= 4 is 11.9 Å². The van der Waals surface area contributed by atoms with Gasteiger partial charge in [-0.25, -0.2) is 9.78 Å². The minimum absolute atomic E-state index is 0.0753. The molecule has 1 aliphatic rings. The Morgan fingerprint density at radius 1 is 1.12 bits per heavy atom. The van der Waals surface area contributed by atoms with E-state index in [2.05, 4.69) is 10.3 Å². The number of pyridine rings is 1. The fourth-order valence-corrected chi connectivity index (χ4v) is 2.23. The molecule has 3 rings (SSSR count). The minimum Gasteiger partial charge on any atom is -0.493 e. The molecule has 0 spiro atoms. The average Bonchev–Trinajstić information content (AvgIpc) is 3.43. The summed E-state index contributed by atoms with van der Waals surface area (Å²) in [6.45, 7) is 0.992. The standard InChI is InChI=1S/C18H18N2O4/c21-17(14-5-3-6-15(20-14)18(22)23)19-10-13-4-1-2-7-16(13)24-11-12-8-9-12/h1-7,12H,8-11H2,(H,19,21)(H,22,23). The van der Waals surface area contributed by atoms with Crippen LogP contribution in [0.1, 0.15) is 39.4 Å². The van der Waals surface area contributed by atoms with Gasteiger partial charge in [-0.05, 0) is 37.0 Å². The maximum absolute atomic E-state index is 12.2. The lowest BCUT2D eigenvalue weighted by Gasteiger charge is -2.12. The molecular formula is C18H18N2O4. The number of rotatable bonds is 7. The number of nitrogens with zero attached hydrogens (tertiary/aromatic N) is 1. The molecule has 1 aromatic carbocycles. The maximum atomic E-state index is 12.2. The Labute approximate surface area is 139 Å². The Balaban J connectivity index is 1.63. The number of benzene rings is 1. The predicted octanol–water partition coefficient (Wildman–Crippen LogP) is 2.50. The van der Waals surface area contributed by atoms with E-state index < -0.39 is 11.9 Å². The molecule has 0 atom stereocenters. The molecule has 1 saturated carbocycles. The van der Waals surface area contributed by atoms with Gasteiger partial charge in [0.25, 0.3) is 5.91 Å². The van der Waals surface area contributed by atoms with E-state index in [9.17, 15) is 9.59 Å². The molecule has 24 heavy (non-hydrogen) atoms. The summed E-state index contributed by atoms with van der Waals surface area (Å²) in [5.41, 5.74) is 0.794. The van der Waals surface area contributed by atoms with Crippen LogP contribution in [0.5, 0.6) is 5.75 Å². The van der Waals surface area contributed by atoms with Crippen LogP contribution in [0.4, 0.5) is 0 Å². The lowest BCUT2D eigenvalue weighted by molar-refractivity contribution is 0.0690. The smallest absolute Gasteiger partial charge is 0.354 e. The van der Waals surface area contributed by atoms with Crippen molar-refractivity contribution < 1.29 is 19.4 Å². The van der Waals surface area contributed by atoms with E-state index in [0.717, 1.165) is 11.3 Å². The number of hydrogen-bond acceptors (Lipinski definition) is 4. The van der Waals surface area contributed by atoms with E-state index in [-0.39, 0.29) is 11.4 Å². The van der Waals surface area contributed by atoms with Crippen molar-refractivity contribution in [1.29, 1.82) is 0 Å². The Morgan fingerprint density at radius 3 is 2.62 bits per heavy atom. The fourth-order valence-electron chi connectivity index (χ4n) is 2.23. The van der Waals surface area contributed by atoms with Gasteiger partial charge < -0.3 is 15.2 Å². The van der Waals surface area contributed by atoms with Gasteiger partial charge in [-0.2, -0.15) is 0 Å². The number of carbonyl (C=O) groups excluding carboxylic acids is 1. The highest BCUT2D eigenvalue weighted by molar-refractivity contribution is 5.94. The number of nitrogens with one attached hydrogen (secondary N) is 1. The van der Waals surface area contributed by atoms with E-state index in [0.29, 0.717) is 19.1 Å². The van der Waals surface area contributed by atoms with Gasteiger partial charge in [0.1, 0.15) is 17.1 Å². The zero-order valence-corrected chi connectivity index (χ0v) is 13.1. The molecule has 0 aliphatic heterocycles. The summed E-state index contributed by atoms with van der Waals surface area (Å²) in [7, 11) is 0. The summed E-state index contributed by atoms with van der Waals surface area (Å²) in [5, 5.41) is 11.7. The number of aromatic nitrogens is 1. The number of amides is 1. The zero-order valence-electron chi connectivity index (χ0n) is 13.1. The average molecular weight is 326 g/mol. The fraction of sp³-hybridized carbons (Fsp3) is 0.278. The van der Waals surface area contributed by atoms with Crippen LogP contribution >= 0.6 is 0 Å². The minimum atomic E-state index is -1.16.